The van der Waals surface area contributed by atoms with Crippen LogP contribution in [0.4, 0.5) is 17.2 Å². The molecule has 1 aromatic heterocycles. The van der Waals surface area contributed by atoms with Crippen LogP contribution in [0.2, 0.25) is 0 Å². The van der Waals surface area contributed by atoms with Crippen LogP contribution in [0.25, 0.3) is 10.9 Å². The van der Waals surface area contributed by atoms with E-state index in [1.807, 2.05) is 61.5 Å². The minimum absolute atomic E-state index is 0.126. The molecule has 8 heteroatoms. The number of fused-ring (bicyclic) bond motifs is 1. The average molecular weight is 441 g/mol. The van der Waals surface area contributed by atoms with E-state index in [2.05, 4.69) is 20.6 Å². The third-order valence-corrected chi connectivity index (χ3v) is 5.16. The summed E-state index contributed by atoms with van der Waals surface area (Å²) in [6.45, 7) is 0.434. The number of carboxylic acid groups (broad SMARTS) is 1. The monoisotopic (exact) mass is 441 g/mol. The molecular formula is C25H23N5O3. The molecule has 0 fully saturated rings. The molecule has 0 bridgehead atoms. The Bertz CT molecular complexity index is 1340. The fourth-order valence-corrected chi connectivity index (χ4v) is 3.47. The SMILES string of the molecule is CN(C)c1cccc(C(=O)Nc2cccc(CNc3ncnc4c(C(=O)O)cccc34)c2)c1. The first-order chi connectivity index (χ1) is 15.9. The van der Waals surface area contributed by atoms with Crippen molar-refractivity contribution >= 4 is 40.0 Å². The molecule has 0 aliphatic heterocycles. The van der Waals surface area contributed by atoms with Crippen molar-refractivity contribution < 1.29 is 14.7 Å². The van der Waals surface area contributed by atoms with Gasteiger partial charge in [0.25, 0.3) is 5.91 Å². The highest BCUT2D eigenvalue weighted by Gasteiger charge is 2.12. The van der Waals surface area contributed by atoms with E-state index in [1.54, 1.807) is 18.2 Å². The first-order valence-corrected chi connectivity index (χ1v) is 10.3. The molecule has 0 saturated carbocycles. The number of amides is 1. The smallest absolute Gasteiger partial charge is 0.337 e. The van der Waals surface area contributed by atoms with Crippen molar-refractivity contribution in [2.45, 2.75) is 6.54 Å². The molecule has 33 heavy (non-hydrogen) atoms. The van der Waals surface area contributed by atoms with Gasteiger partial charge in [0.15, 0.2) is 0 Å². The van der Waals surface area contributed by atoms with Gasteiger partial charge in [0.05, 0.1) is 11.1 Å². The highest BCUT2D eigenvalue weighted by atomic mass is 16.4. The van der Waals surface area contributed by atoms with Crippen molar-refractivity contribution in [2.24, 2.45) is 0 Å². The van der Waals surface area contributed by atoms with E-state index in [9.17, 15) is 14.7 Å². The van der Waals surface area contributed by atoms with Crippen molar-refractivity contribution in [2.75, 3.05) is 29.6 Å². The van der Waals surface area contributed by atoms with Crippen molar-refractivity contribution in [1.82, 2.24) is 9.97 Å². The Morgan fingerprint density at radius 2 is 1.76 bits per heavy atom. The van der Waals surface area contributed by atoms with Crippen molar-refractivity contribution in [1.29, 1.82) is 0 Å². The Labute approximate surface area is 190 Å². The van der Waals surface area contributed by atoms with Gasteiger partial charge in [0.1, 0.15) is 12.1 Å². The Hall–Kier alpha value is -4.46. The second-order valence-electron chi connectivity index (χ2n) is 7.68. The van der Waals surface area contributed by atoms with Crippen LogP contribution >= 0.6 is 0 Å². The number of hydrogen-bond acceptors (Lipinski definition) is 6. The second kappa shape index (κ2) is 9.35. The third kappa shape index (κ3) is 4.90. The number of anilines is 3. The minimum Gasteiger partial charge on any atom is -0.478 e. The lowest BCUT2D eigenvalue weighted by Gasteiger charge is -2.14. The third-order valence-electron chi connectivity index (χ3n) is 5.16. The van der Waals surface area contributed by atoms with Gasteiger partial charge in [0.2, 0.25) is 0 Å². The van der Waals surface area contributed by atoms with Crippen molar-refractivity contribution in [3.8, 4) is 0 Å². The summed E-state index contributed by atoms with van der Waals surface area (Å²) in [5, 5.41) is 16.2. The largest absolute Gasteiger partial charge is 0.478 e. The molecular weight excluding hydrogens is 418 g/mol. The lowest BCUT2D eigenvalue weighted by atomic mass is 10.1. The lowest BCUT2D eigenvalue weighted by molar-refractivity contribution is 0.0698. The number of benzene rings is 3. The van der Waals surface area contributed by atoms with Gasteiger partial charge in [-0.3, -0.25) is 4.79 Å². The van der Waals surface area contributed by atoms with Crippen LogP contribution in [-0.4, -0.2) is 41.0 Å². The molecule has 4 aromatic rings. The van der Waals surface area contributed by atoms with Crippen LogP contribution in [0.15, 0.2) is 73.1 Å². The Morgan fingerprint density at radius 1 is 0.970 bits per heavy atom. The number of aromatic carboxylic acids is 1. The number of rotatable bonds is 7. The summed E-state index contributed by atoms with van der Waals surface area (Å²) < 4.78 is 0. The van der Waals surface area contributed by atoms with E-state index in [-0.39, 0.29) is 11.5 Å². The first-order valence-electron chi connectivity index (χ1n) is 10.3. The Morgan fingerprint density at radius 3 is 2.55 bits per heavy atom. The number of carbonyl (C=O) groups is 2. The average Bonchev–Trinajstić information content (AvgIpc) is 2.82. The molecule has 8 nitrogen and oxygen atoms in total. The summed E-state index contributed by atoms with van der Waals surface area (Å²) in [5.41, 5.74) is 3.63. The van der Waals surface area contributed by atoms with E-state index in [1.165, 1.54) is 12.4 Å². The maximum Gasteiger partial charge on any atom is 0.337 e. The summed E-state index contributed by atoms with van der Waals surface area (Å²) in [5.74, 6) is -0.686. The predicted molar refractivity (Wildman–Crippen MR) is 129 cm³/mol. The molecule has 0 saturated heterocycles. The van der Waals surface area contributed by atoms with Gasteiger partial charge in [-0.2, -0.15) is 0 Å². The Kier molecular flexibility index (Phi) is 6.17. The first kappa shape index (κ1) is 21.8. The number of hydrogen-bond donors (Lipinski definition) is 3. The number of aromatic nitrogens is 2. The number of nitrogens with one attached hydrogen (secondary N) is 2. The van der Waals surface area contributed by atoms with E-state index < -0.39 is 5.97 Å². The lowest BCUT2D eigenvalue weighted by Crippen LogP contribution is -2.14. The van der Waals surface area contributed by atoms with Gasteiger partial charge in [-0.05, 0) is 48.0 Å². The molecule has 4 rings (SSSR count). The highest BCUT2D eigenvalue weighted by molar-refractivity contribution is 6.05. The second-order valence-corrected chi connectivity index (χ2v) is 7.68. The standard InChI is InChI=1S/C25H23N5O3/c1-30(2)19-9-4-7-17(13-19)24(31)29-18-8-3-6-16(12-18)14-26-23-20-10-5-11-21(25(32)33)22(20)27-15-28-23/h3-13,15H,14H2,1-2H3,(H,29,31)(H,32,33)(H,26,27,28). The maximum absolute atomic E-state index is 12.7. The summed E-state index contributed by atoms with van der Waals surface area (Å²) in [6, 6.07) is 19.9. The van der Waals surface area contributed by atoms with Crippen LogP contribution in [0, 0.1) is 0 Å². The zero-order valence-electron chi connectivity index (χ0n) is 18.2. The quantitative estimate of drug-likeness (QED) is 0.393. The number of carbonyl (C=O) groups excluding carboxylic acids is 1. The summed E-state index contributed by atoms with van der Waals surface area (Å²) >= 11 is 0. The highest BCUT2D eigenvalue weighted by Crippen LogP contribution is 2.23. The molecule has 0 unspecified atom stereocenters. The van der Waals surface area contributed by atoms with E-state index in [0.29, 0.717) is 34.5 Å². The zero-order valence-corrected chi connectivity index (χ0v) is 18.2. The van der Waals surface area contributed by atoms with Gasteiger partial charge >= 0.3 is 5.97 Å². The van der Waals surface area contributed by atoms with Crippen LogP contribution < -0.4 is 15.5 Å². The molecule has 0 aliphatic rings. The normalized spacial score (nSPS) is 10.6. The Balaban J connectivity index is 1.49. The van der Waals surface area contributed by atoms with Crippen LogP contribution in [0.3, 0.4) is 0 Å². The molecule has 3 N–H and O–H groups in total. The topological polar surface area (TPSA) is 107 Å². The minimum atomic E-state index is -1.04. The van der Waals surface area contributed by atoms with Gasteiger partial charge in [-0.1, -0.05) is 24.3 Å². The van der Waals surface area contributed by atoms with E-state index in [0.717, 1.165) is 11.3 Å². The molecule has 1 amide bonds. The molecule has 1 heterocycles. The molecule has 0 radical (unpaired) electrons. The number of carboxylic acids is 1. The fourth-order valence-electron chi connectivity index (χ4n) is 3.47. The van der Waals surface area contributed by atoms with E-state index >= 15 is 0 Å². The van der Waals surface area contributed by atoms with Gasteiger partial charge in [-0.25, -0.2) is 14.8 Å². The van der Waals surface area contributed by atoms with E-state index in [4.69, 9.17) is 0 Å². The molecule has 166 valence electrons. The summed E-state index contributed by atoms with van der Waals surface area (Å²) in [7, 11) is 3.85. The summed E-state index contributed by atoms with van der Waals surface area (Å²) in [4.78, 5) is 34.5. The molecule has 0 spiro atoms. The fraction of sp³-hybridized carbons (Fsp3) is 0.120. The van der Waals surface area contributed by atoms with Gasteiger partial charge in [-0.15, -0.1) is 0 Å². The van der Waals surface area contributed by atoms with Gasteiger partial charge in [0, 0.05) is 43.0 Å². The molecule has 0 aliphatic carbocycles. The van der Waals surface area contributed by atoms with Crippen LogP contribution in [0.1, 0.15) is 26.3 Å². The van der Waals surface area contributed by atoms with Crippen molar-refractivity contribution in [3.05, 3.63) is 89.7 Å². The van der Waals surface area contributed by atoms with Crippen LogP contribution in [0.5, 0.6) is 0 Å². The van der Waals surface area contributed by atoms with Crippen molar-refractivity contribution in [3.63, 3.8) is 0 Å². The predicted octanol–water partition coefficient (Wildman–Crippen LogP) is 4.26. The number of nitrogens with zero attached hydrogens (tertiary/aromatic N) is 3. The molecule has 0 atom stereocenters. The maximum atomic E-state index is 12.7. The van der Waals surface area contributed by atoms with Crippen LogP contribution in [-0.2, 0) is 6.54 Å². The van der Waals surface area contributed by atoms with Gasteiger partial charge < -0.3 is 20.6 Å². The number of para-hydroxylation sites is 1. The molecule has 3 aromatic carbocycles. The zero-order chi connectivity index (χ0) is 23.4. The summed E-state index contributed by atoms with van der Waals surface area (Å²) in [6.07, 6.45) is 1.34.